The summed E-state index contributed by atoms with van der Waals surface area (Å²) in [4.78, 5) is 4.29. The first kappa shape index (κ1) is 10.1. The number of fused-ring (bicyclic) bond motifs is 1. The molecule has 2 aromatic rings. The number of ether oxygens (including phenoxy) is 2. The maximum atomic E-state index is 5.55. The number of thiazole rings is 1. The van der Waals surface area contributed by atoms with Gasteiger partial charge in [0.1, 0.15) is 13.2 Å². The normalized spacial score (nSPS) is 13.8. The Balaban J connectivity index is 2.12. The van der Waals surface area contributed by atoms with E-state index in [1.54, 1.807) is 11.3 Å². The number of aromatic nitrogens is 1. The van der Waals surface area contributed by atoms with Crippen LogP contribution < -0.4 is 9.47 Å². The number of nitrogens with zero attached hydrogens (tertiary/aromatic N) is 1. The highest BCUT2D eigenvalue weighted by Gasteiger charge is 2.16. The van der Waals surface area contributed by atoms with Gasteiger partial charge in [0, 0.05) is 15.4 Å². The molecule has 0 saturated heterocycles. The van der Waals surface area contributed by atoms with Gasteiger partial charge in [0.2, 0.25) is 0 Å². The summed E-state index contributed by atoms with van der Waals surface area (Å²) in [5.74, 6) is 1.58. The lowest BCUT2D eigenvalue weighted by molar-refractivity contribution is 0.171. The Morgan fingerprint density at radius 1 is 1.19 bits per heavy atom. The van der Waals surface area contributed by atoms with Crippen molar-refractivity contribution in [2.75, 3.05) is 13.2 Å². The third-order valence-electron chi connectivity index (χ3n) is 2.34. The molecule has 5 heteroatoms. The highest BCUT2D eigenvalue weighted by Crippen LogP contribution is 2.39. The molecule has 0 fully saturated rings. The van der Waals surface area contributed by atoms with E-state index < -0.39 is 0 Å². The zero-order valence-electron chi connectivity index (χ0n) is 8.27. The maximum absolute atomic E-state index is 5.55. The van der Waals surface area contributed by atoms with Gasteiger partial charge in [0.25, 0.3) is 0 Å². The van der Waals surface area contributed by atoms with Crippen LogP contribution in [0.5, 0.6) is 11.5 Å². The highest BCUT2D eigenvalue weighted by molar-refractivity contribution is 9.10. The summed E-state index contributed by atoms with van der Waals surface area (Å²) in [6.45, 7) is 1.21. The highest BCUT2D eigenvalue weighted by atomic mass is 79.9. The summed E-state index contributed by atoms with van der Waals surface area (Å²) in [5, 5.41) is 2.01. The van der Waals surface area contributed by atoms with Crippen LogP contribution in [0.25, 0.3) is 11.3 Å². The van der Waals surface area contributed by atoms with Crippen LogP contribution in [0.2, 0.25) is 0 Å². The van der Waals surface area contributed by atoms with Crippen molar-refractivity contribution in [3.63, 3.8) is 0 Å². The molecule has 0 saturated carbocycles. The Labute approximate surface area is 105 Å². The molecule has 0 aliphatic carbocycles. The Morgan fingerprint density at radius 3 is 2.62 bits per heavy atom. The third-order valence-corrected chi connectivity index (χ3v) is 3.58. The predicted octanol–water partition coefficient (Wildman–Crippen LogP) is 3.34. The molecule has 0 bridgehead atoms. The van der Waals surface area contributed by atoms with Crippen LogP contribution in [0.3, 0.4) is 0 Å². The summed E-state index contributed by atoms with van der Waals surface area (Å²) in [5.41, 5.74) is 3.80. The van der Waals surface area contributed by atoms with Gasteiger partial charge in [-0.05, 0) is 28.1 Å². The van der Waals surface area contributed by atoms with Gasteiger partial charge in [0.05, 0.1) is 11.2 Å². The second-order valence-corrected chi connectivity index (χ2v) is 4.92. The quantitative estimate of drug-likeness (QED) is 0.809. The molecule has 2 heterocycles. The molecule has 0 radical (unpaired) electrons. The lowest BCUT2D eigenvalue weighted by Crippen LogP contribution is -2.15. The van der Waals surface area contributed by atoms with E-state index in [1.807, 2.05) is 23.0 Å². The molecule has 0 amide bonds. The van der Waals surface area contributed by atoms with Gasteiger partial charge in [-0.2, -0.15) is 0 Å². The van der Waals surface area contributed by atoms with E-state index in [9.17, 15) is 0 Å². The number of hydrogen-bond acceptors (Lipinski definition) is 4. The molecule has 0 unspecified atom stereocenters. The molecule has 1 aliphatic heterocycles. The van der Waals surface area contributed by atoms with Gasteiger partial charge < -0.3 is 9.47 Å². The van der Waals surface area contributed by atoms with Crippen molar-refractivity contribution in [1.82, 2.24) is 4.98 Å². The monoisotopic (exact) mass is 297 g/mol. The van der Waals surface area contributed by atoms with E-state index in [4.69, 9.17) is 9.47 Å². The van der Waals surface area contributed by atoms with Crippen LogP contribution in [0.4, 0.5) is 0 Å². The van der Waals surface area contributed by atoms with Gasteiger partial charge in [0.15, 0.2) is 11.5 Å². The summed E-state index contributed by atoms with van der Waals surface area (Å²) < 4.78 is 12.0. The predicted molar refractivity (Wildman–Crippen MR) is 66.2 cm³/mol. The molecule has 0 atom stereocenters. The summed E-state index contributed by atoms with van der Waals surface area (Å²) in [6, 6.07) is 3.90. The Bertz CT molecular complexity index is 513. The van der Waals surface area contributed by atoms with Gasteiger partial charge in [-0.1, -0.05) is 0 Å². The van der Waals surface area contributed by atoms with E-state index >= 15 is 0 Å². The fourth-order valence-corrected chi connectivity index (χ4v) is 2.68. The Kier molecular flexibility index (Phi) is 2.57. The molecule has 1 aromatic carbocycles. The SMILES string of the molecule is Brc1cc2c(cc1-c1cscn1)OCCO2. The number of rotatable bonds is 1. The van der Waals surface area contributed by atoms with Crippen LogP contribution in [-0.4, -0.2) is 18.2 Å². The van der Waals surface area contributed by atoms with E-state index in [2.05, 4.69) is 20.9 Å². The minimum absolute atomic E-state index is 0.602. The molecule has 0 N–H and O–H groups in total. The van der Waals surface area contributed by atoms with Crippen molar-refractivity contribution in [2.24, 2.45) is 0 Å². The fourth-order valence-electron chi connectivity index (χ4n) is 1.61. The van der Waals surface area contributed by atoms with Crippen LogP contribution in [0.15, 0.2) is 27.5 Å². The van der Waals surface area contributed by atoms with E-state index in [1.165, 1.54) is 0 Å². The number of halogens is 1. The Hall–Kier alpha value is -1.07. The Morgan fingerprint density at radius 2 is 1.94 bits per heavy atom. The van der Waals surface area contributed by atoms with Crippen molar-refractivity contribution in [2.45, 2.75) is 0 Å². The smallest absolute Gasteiger partial charge is 0.162 e. The first-order chi connectivity index (χ1) is 7.84. The third kappa shape index (κ3) is 1.70. The molecule has 1 aliphatic rings. The lowest BCUT2D eigenvalue weighted by Gasteiger charge is -2.19. The van der Waals surface area contributed by atoms with Crippen molar-refractivity contribution in [1.29, 1.82) is 0 Å². The average molecular weight is 298 g/mol. The first-order valence-electron chi connectivity index (χ1n) is 4.82. The number of benzene rings is 1. The largest absolute Gasteiger partial charge is 0.486 e. The summed E-state index contributed by atoms with van der Waals surface area (Å²) >= 11 is 5.10. The average Bonchev–Trinajstić information content (AvgIpc) is 2.81. The van der Waals surface area contributed by atoms with Crippen molar-refractivity contribution < 1.29 is 9.47 Å². The van der Waals surface area contributed by atoms with Crippen LogP contribution >= 0.6 is 27.3 Å². The van der Waals surface area contributed by atoms with Crippen molar-refractivity contribution in [3.8, 4) is 22.8 Å². The molecule has 3 rings (SSSR count). The molecule has 16 heavy (non-hydrogen) atoms. The van der Waals surface area contributed by atoms with Crippen LogP contribution in [0, 0.1) is 0 Å². The molecular formula is C11H8BrNO2S. The first-order valence-corrected chi connectivity index (χ1v) is 6.56. The molecule has 1 aromatic heterocycles. The topological polar surface area (TPSA) is 31.4 Å². The standard InChI is InChI=1S/C11H8BrNO2S/c12-8-4-11-10(14-1-2-15-11)3-7(8)9-5-16-6-13-9/h3-6H,1-2H2. The van der Waals surface area contributed by atoms with Gasteiger partial charge in [-0.3, -0.25) is 0 Å². The second kappa shape index (κ2) is 4.07. The second-order valence-electron chi connectivity index (χ2n) is 3.35. The molecule has 82 valence electrons. The van der Waals surface area contributed by atoms with Crippen LogP contribution in [-0.2, 0) is 0 Å². The summed E-state index contributed by atoms with van der Waals surface area (Å²) in [7, 11) is 0. The van der Waals surface area contributed by atoms with Gasteiger partial charge in [-0.15, -0.1) is 11.3 Å². The van der Waals surface area contributed by atoms with Crippen molar-refractivity contribution >= 4 is 27.3 Å². The maximum Gasteiger partial charge on any atom is 0.162 e. The van der Waals surface area contributed by atoms with E-state index in [0.29, 0.717) is 13.2 Å². The molecule has 3 nitrogen and oxygen atoms in total. The lowest BCUT2D eigenvalue weighted by atomic mass is 10.1. The minimum atomic E-state index is 0.602. The van der Waals surface area contributed by atoms with E-state index in [-0.39, 0.29) is 0 Å². The van der Waals surface area contributed by atoms with Crippen molar-refractivity contribution in [3.05, 3.63) is 27.5 Å². The summed E-state index contributed by atoms with van der Waals surface area (Å²) in [6.07, 6.45) is 0. The fraction of sp³-hybridized carbons (Fsp3) is 0.182. The minimum Gasteiger partial charge on any atom is -0.486 e. The number of hydrogen-bond donors (Lipinski definition) is 0. The molecule has 0 spiro atoms. The van der Waals surface area contributed by atoms with Crippen LogP contribution in [0.1, 0.15) is 0 Å². The zero-order valence-corrected chi connectivity index (χ0v) is 10.7. The molecular weight excluding hydrogens is 290 g/mol. The zero-order chi connectivity index (χ0) is 11.0. The van der Waals surface area contributed by atoms with E-state index in [0.717, 1.165) is 27.2 Å². The van der Waals surface area contributed by atoms with Gasteiger partial charge in [-0.25, -0.2) is 4.98 Å². The van der Waals surface area contributed by atoms with Gasteiger partial charge >= 0.3 is 0 Å².